The Morgan fingerprint density at radius 1 is 0.800 bits per heavy atom. The van der Waals surface area contributed by atoms with Gasteiger partial charge in [0.2, 0.25) is 0 Å². The minimum absolute atomic E-state index is 0.327. The molecule has 2 nitrogen and oxygen atoms in total. The van der Waals surface area contributed by atoms with Crippen molar-refractivity contribution in [1.82, 2.24) is 9.97 Å². The summed E-state index contributed by atoms with van der Waals surface area (Å²) < 4.78 is 0. The first-order valence-electron chi connectivity index (χ1n) is 5.66. The Bertz CT molecular complexity index is 717. The summed E-state index contributed by atoms with van der Waals surface area (Å²) in [7, 11) is 0. The van der Waals surface area contributed by atoms with Gasteiger partial charge in [0.25, 0.3) is 0 Å². The third-order valence-corrected chi connectivity index (χ3v) is 4.22. The lowest BCUT2D eigenvalue weighted by molar-refractivity contribution is 1.18. The average Bonchev–Trinajstić information content (AvgIpc) is 2.94. The SMILES string of the molecule is Clc1ccc(-c2c(Cl)nc(-c3ccsc3)nc2Cl)cc1. The standard InChI is InChI=1S/C14H7Cl3N2S/c15-10-3-1-8(2-4-10)11-12(16)18-14(19-13(11)17)9-5-6-20-7-9/h1-7H. The van der Waals surface area contributed by atoms with Gasteiger partial charge in [-0.05, 0) is 29.1 Å². The van der Waals surface area contributed by atoms with Crippen LogP contribution in [0.15, 0.2) is 41.1 Å². The molecular formula is C14H7Cl3N2S. The fraction of sp³-hybridized carbons (Fsp3) is 0. The number of hydrogen-bond donors (Lipinski definition) is 0. The summed E-state index contributed by atoms with van der Waals surface area (Å²) in [5.74, 6) is 0.527. The maximum absolute atomic E-state index is 6.26. The third-order valence-electron chi connectivity index (χ3n) is 2.73. The van der Waals surface area contributed by atoms with Gasteiger partial charge in [-0.15, -0.1) is 0 Å². The van der Waals surface area contributed by atoms with Crippen LogP contribution in [0.3, 0.4) is 0 Å². The van der Waals surface area contributed by atoms with Crippen molar-refractivity contribution in [3.8, 4) is 22.5 Å². The van der Waals surface area contributed by atoms with E-state index in [1.165, 1.54) is 0 Å². The van der Waals surface area contributed by atoms with Crippen molar-refractivity contribution in [1.29, 1.82) is 0 Å². The van der Waals surface area contributed by atoms with E-state index in [1.807, 2.05) is 29.0 Å². The molecular weight excluding hydrogens is 335 g/mol. The lowest BCUT2D eigenvalue weighted by Gasteiger charge is -2.08. The Morgan fingerprint density at radius 2 is 1.45 bits per heavy atom. The van der Waals surface area contributed by atoms with Gasteiger partial charge in [-0.25, -0.2) is 9.97 Å². The number of benzene rings is 1. The zero-order chi connectivity index (χ0) is 14.1. The van der Waals surface area contributed by atoms with Crippen molar-refractivity contribution in [2.24, 2.45) is 0 Å². The van der Waals surface area contributed by atoms with Crippen molar-refractivity contribution in [2.45, 2.75) is 0 Å². The van der Waals surface area contributed by atoms with E-state index in [1.54, 1.807) is 23.5 Å². The minimum Gasteiger partial charge on any atom is -0.216 e. The highest BCUT2D eigenvalue weighted by atomic mass is 35.5. The van der Waals surface area contributed by atoms with Gasteiger partial charge in [-0.2, -0.15) is 11.3 Å². The zero-order valence-corrected chi connectivity index (χ0v) is 13.1. The number of rotatable bonds is 2. The van der Waals surface area contributed by atoms with Gasteiger partial charge in [0.05, 0.1) is 5.56 Å². The van der Waals surface area contributed by atoms with Crippen LogP contribution in [0, 0.1) is 0 Å². The summed E-state index contributed by atoms with van der Waals surface area (Å²) in [5, 5.41) is 5.20. The topological polar surface area (TPSA) is 25.8 Å². The number of halogens is 3. The molecule has 20 heavy (non-hydrogen) atoms. The van der Waals surface area contributed by atoms with Crippen molar-refractivity contribution in [3.63, 3.8) is 0 Å². The molecule has 0 spiro atoms. The molecule has 0 fully saturated rings. The average molecular weight is 342 g/mol. The molecule has 0 saturated carbocycles. The summed E-state index contributed by atoms with van der Waals surface area (Å²) in [6.45, 7) is 0. The summed E-state index contributed by atoms with van der Waals surface area (Å²) in [4.78, 5) is 8.64. The van der Waals surface area contributed by atoms with Crippen molar-refractivity contribution in [3.05, 3.63) is 56.4 Å². The largest absolute Gasteiger partial charge is 0.216 e. The molecule has 0 bridgehead atoms. The van der Waals surface area contributed by atoms with E-state index in [9.17, 15) is 0 Å². The van der Waals surface area contributed by atoms with Crippen LogP contribution < -0.4 is 0 Å². The molecule has 0 atom stereocenters. The summed E-state index contributed by atoms with van der Waals surface area (Å²) in [5.41, 5.74) is 2.35. The number of nitrogens with zero attached hydrogens (tertiary/aromatic N) is 2. The van der Waals surface area contributed by atoms with Gasteiger partial charge < -0.3 is 0 Å². The smallest absolute Gasteiger partial charge is 0.163 e. The molecule has 2 heterocycles. The Kier molecular flexibility index (Phi) is 3.94. The quantitative estimate of drug-likeness (QED) is 0.548. The molecule has 100 valence electrons. The second-order valence-electron chi connectivity index (χ2n) is 4.02. The van der Waals surface area contributed by atoms with Gasteiger partial charge in [0.15, 0.2) is 5.82 Å². The second-order valence-corrected chi connectivity index (χ2v) is 5.96. The van der Waals surface area contributed by atoms with Gasteiger partial charge in [-0.1, -0.05) is 46.9 Å². The molecule has 0 unspecified atom stereocenters. The highest BCUT2D eigenvalue weighted by Crippen LogP contribution is 2.34. The lowest BCUT2D eigenvalue weighted by Crippen LogP contribution is -1.93. The van der Waals surface area contributed by atoms with E-state index in [-0.39, 0.29) is 0 Å². The summed E-state index contributed by atoms with van der Waals surface area (Å²) in [6, 6.07) is 9.15. The maximum atomic E-state index is 6.26. The fourth-order valence-electron chi connectivity index (χ4n) is 1.78. The van der Waals surface area contributed by atoms with Crippen LogP contribution in [-0.4, -0.2) is 9.97 Å². The monoisotopic (exact) mass is 340 g/mol. The van der Waals surface area contributed by atoms with Gasteiger partial charge >= 0.3 is 0 Å². The number of aromatic nitrogens is 2. The van der Waals surface area contributed by atoms with E-state index in [4.69, 9.17) is 34.8 Å². The first-order valence-corrected chi connectivity index (χ1v) is 7.74. The van der Waals surface area contributed by atoms with E-state index < -0.39 is 0 Å². The van der Waals surface area contributed by atoms with Crippen LogP contribution in [0.1, 0.15) is 0 Å². The van der Waals surface area contributed by atoms with Crippen molar-refractivity contribution < 1.29 is 0 Å². The fourth-order valence-corrected chi connectivity index (χ4v) is 3.15. The van der Waals surface area contributed by atoms with Crippen LogP contribution in [-0.2, 0) is 0 Å². The highest BCUT2D eigenvalue weighted by Gasteiger charge is 2.14. The third kappa shape index (κ3) is 2.67. The summed E-state index contributed by atoms with van der Waals surface area (Å²) in [6.07, 6.45) is 0. The van der Waals surface area contributed by atoms with E-state index >= 15 is 0 Å². The van der Waals surface area contributed by atoms with Crippen LogP contribution in [0.2, 0.25) is 15.3 Å². The molecule has 3 aromatic rings. The van der Waals surface area contributed by atoms with E-state index in [2.05, 4.69) is 9.97 Å². The Balaban J connectivity index is 2.11. The molecule has 6 heteroatoms. The lowest BCUT2D eigenvalue weighted by atomic mass is 10.1. The predicted molar refractivity (Wildman–Crippen MR) is 85.8 cm³/mol. The molecule has 3 rings (SSSR count). The minimum atomic E-state index is 0.327. The zero-order valence-electron chi connectivity index (χ0n) is 9.98. The van der Waals surface area contributed by atoms with Crippen molar-refractivity contribution >= 4 is 46.1 Å². The molecule has 0 aliphatic heterocycles. The van der Waals surface area contributed by atoms with Crippen molar-refractivity contribution in [2.75, 3.05) is 0 Å². The van der Waals surface area contributed by atoms with E-state index in [0.29, 0.717) is 26.7 Å². The molecule has 1 aromatic carbocycles. The van der Waals surface area contributed by atoms with Crippen LogP contribution in [0.25, 0.3) is 22.5 Å². The maximum Gasteiger partial charge on any atom is 0.163 e. The van der Waals surface area contributed by atoms with E-state index in [0.717, 1.165) is 11.1 Å². The Labute approximate surface area is 135 Å². The normalized spacial score (nSPS) is 10.8. The van der Waals surface area contributed by atoms with Crippen LogP contribution in [0.4, 0.5) is 0 Å². The number of thiophene rings is 1. The molecule has 0 radical (unpaired) electrons. The molecule has 2 aromatic heterocycles. The first-order chi connectivity index (χ1) is 9.65. The molecule has 0 amide bonds. The molecule has 0 N–H and O–H groups in total. The Hall–Kier alpha value is -1.13. The van der Waals surface area contributed by atoms with Crippen LogP contribution in [0.5, 0.6) is 0 Å². The molecule has 0 saturated heterocycles. The second kappa shape index (κ2) is 5.70. The highest BCUT2D eigenvalue weighted by molar-refractivity contribution is 7.08. The van der Waals surface area contributed by atoms with Gasteiger partial charge in [0.1, 0.15) is 10.3 Å². The molecule has 0 aliphatic rings. The predicted octanol–water partition coefficient (Wildman–Crippen LogP) is 5.83. The van der Waals surface area contributed by atoms with Gasteiger partial charge in [0, 0.05) is 16.0 Å². The number of hydrogen-bond acceptors (Lipinski definition) is 3. The summed E-state index contributed by atoms with van der Waals surface area (Å²) >= 11 is 20.0. The van der Waals surface area contributed by atoms with Gasteiger partial charge in [-0.3, -0.25) is 0 Å². The Morgan fingerprint density at radius 3 is 2.00 bits per heavy atom. The first kappa shape index (κ1) is 13.8. The molecule has 0 aliphatic carbocycles. The van der Waals surface area contributed by atoms with Crippen LogP contribution >= 0.6 is 46.1 Å².